The molecule has 2 aromatic carbocycles. The van der Waals surface area contributed by atoms with Crippen molar-refractivity contribution >= 4 is 15.9 Å². The SMILES string of the molecule is CNS(=O)(=O)CC(=O)N1CCC(c2cccc(Oc3ccccc3)c2)C1. The van der Waals surface area contributed by atoms with Gasteiger partial charge in [-0.25, -0.2) is 13.1 Å². The summed E-state index contributed by atoms with van der Waals surface area (Å²) >= 11 is 0. The lowest BCUT2D eigenvalue weighted by molar-refractivity contribution is -0.127. The Morgan fingerprint density at radius 2 is 1.88 bits per heavy atom. The van der Waals surface area contributed by atoms with E-state index in [4.69, 9.17) is 4.74 Å². The number of nitrogens with one attached hydrogen (secondary N) is 1. The van der Waals surface area contributed by atoms with Crippen LogP contribution in [0.25, 0.3) is 0 Å². The summed E-state index contributed by atoms with van der Waals surface area (Å²) in [6.45, 7) is 1.08. The first-order chi connectivity index (χ1) is 12.5. The van der Waals surface area contributed by atoms with Crippen molar-refractivity contribution in [1.29, 1.82) is 0 Å². The first-order valence-electron chi connectivity index (χ1n) is 8.49. The Bertz CT molecular complexity index is 868. The highest BCUT2D eigenvalue weighted by molar-refractivity contribution is 7.90. The third kappa shape index (κ3) is 4.62. The van der Waals surface area contributed by atoms with Crippen LogP contribution in [0.2, 0.25) is 0 Å². The Labute approximate surface area is 153 Å². The van der Waals surface area contributed by atoms with E-state index < -0.39 is 15.8 Å². The summed E-state index contributed by atoms with van der Waals surface area (Å²) in [5.74, 6) is 0.823. The molecule has 1 saturated heterocycles. The van der Waals surface area contributed by atoms with Crippen LogP contribution in [-0.4, -0.2) is 45.1 Å². The molecular formula is C19H22N2O4S. The molecule has 0 spiro atoms. The van der Waals surface area contributed by atoms with Crippen molar-refractivity contribution in [3.8, 4) is 11.5 Å². The van der Waals surface area contributed by atoms with Gasteiger partial charge < -0.3 is 9.64 Å². The molecule has 0 aromatic heterocycles. The fourth-order valence-electron chi connectivity index (χ4n) is 3.04. The summed E-state index contributed by atoms with van der Waals surface area (Å²) in [6.07, 6.45) is 0.806. The molecular weight excluding hydrogens is 352 g/mol. The zero-order chi connectivity index (χ0) is 18.6. The van der Waals surface area contributed by atoms with E-state index in [-0.39, 0.29) is 11.8 Å². The number of carbonyl (C=O) groups excluding carboxylic acids is 1. The summed E-state index contributed by atoms with van der Waals surface area (Å²) < 4.78 is 31.2. The molecule has 2 aromatic rings. The molecule has 138 valence electrons. The van der Waals surface area contributed by atoms with E-state index in [0.29, 0.717) is 13.1 Å². The average molecular weight is 374 g/mol. The number of amides is 1. The third-order valence-corrected chi connectivity index (χ3v) is 5.72. The second-order valence-electron chi connectivity index (χ2n) is 6.28. The average Bonchev–Trinajstić information content (AvgIpc) is 3.13. The molecule has 1 aliphatic rings. The largest absolute Gasteiger partial charge is 0.457 e. The highest BCUT2D eigenvalue weighted by atomic mass is 32.2. The van der Waals surface area contributed by atoms with Crippen LogP contribution in [0.3, 0.4) is 0 Å². The quantitative estimate of drug-likeness (QED) is 0.842. The van der Waals surface area contributed by atoms with Gasteiger partial charge in [-0.3, -0.25) is 4.79 Å². The molecule has 1 aliphatic heterocycles. The van der Waals surface area contributed by atoms with Crippen molar-refractivity contribution in [1.82, 2.24) is 9.62 Å². The lowest BCUT2D eigenvalue weighted by Gasteiger charge is -2.17. The predicted octanol–water partition coefficient (Wildman–Crippen LogP) is 2.34. The molecule has 1 amide bonds. The Hall–Kier alpha value is -2.38. The number of sulfonamides is 1. The van der Waals surface area contributed by atoms with Crippen LogP contribution in [0, 0.1) is 0 Å². The fraction of sp³-hybridized carbons (Fsp3) is 0.316. The monoisotopic (exact) mass is 374 g/mol. The van der Waals surface area contributed by atoms with Gasteiger partial charge in [0.1, 0.15) is 17.3 Å². The molecule has 7 heteroatoms. The topological polar surface area (TPSA) is 75.7 Å². The molecule has 1 heterocycles. The maximum absolute atomic E-state index is 12.2. The van der Waals surface area contributed by atoms with E-state index in [2.05, 4.69) is 4.72 Å². The smallest absolute Gasteiger partial charge is 0.239 e. The van der Waals surface area contributed by atoms with Crippen molar-refractivity contribution in [2.24, 2.45) is 0 Å². The summed E-state index contributed by atoms with van der Waals surface area (Å²) in [6, 6.07) is 17.4. The minimum absolute atomic E-state index is 0.176. The molecule has 1 fully saturated rings. The Morgan fingerprint density at radius 3 is 2.62 bits per heavy atom. The molecule has 0 bridgehead atoms. The van der Waals surface area contributed by atoms with E-state index >= 15 is 0 Å². The van der Waals surface area contributed by atoms with Crippen molar-refractivity contribution in [2.45, 2.75) is 12.3 Å². The number of hydrogen-bond acceptors (Lipinski definition) is 4. The number of hydrogen-bond donors (Lipinski definition) is 1. The van der Waals surface area contributed by atoms with Crippen molar-refractivity contribution in [3.05, 3.63) is 60.2 Å². The van der Waals surface area contributed by atoms with Crippen LogP contribution in [0.15, 0.2) is 54.6 Å². The maximum atomic E-state index is 12.2. The maximum Gasteiger partial charge on any atom is 0.239 e. The number of para-hydroxylation sites is 1. The normalized spacial score (nSPS) is 17.3. The van der Waals surface area contributed by atoms with Crippen LogP contribution in [0.1, 0.15) is 17.9 Å². The standard InChI is InChI=1S/C19H22N2O4S/c1-20-26(23,24)14-19(22)21-11-10-16(13-21)15-6-5-9-18(12-15)25-17-7-3-2-4-8-17/h2-9,12,16,20H,10-11,13-14H2,1H3. The van der Waals surface area contributed by atoms with Gasteiger partial charge in [-0.1, -0.05) is 30.3 Å². The van der Waals surface area contributed by atoms with Crippen LogP contribution >= 0.6 is 0 Å². The number of nitrogens with zero attached hydrogens (tertiary/aromatic N) is 1. The van der Waals surface area contributed by atoms with Crippen molar-refractivity contribution in [2.75, 3.05) is 25.9 Å². The van der Waals surface area contributed by atoms with Crippen molar-refractivity contribution < 1.29 is 17.9 Å². The highest BCUT2D eigenvalue weighted by Gasteiger charge is 2.29. The lowest BCUT2D eigenvalue weighted by Crippen LogP contribution is -2.37. The first kappa shape index (κ1) is 18.4. The summed E-state index contributed by atoms with van der Waals surface area (Å²) in [5.41, 5.74) is 1.09. The molecule has 0 saturated carbocycles. The van der Waals surface area contributed by atoms with Gasteiger partial charge in [0, 0.05) is 19.0 Å². The fourth-order valence-corrected chi connectivity index (χ4v) is 3.69. The number of ether oxygens (including phenoxy) is 1. The van der Waals surface area contributed by atoms with Gasteiger partial charge in [0.15, 0.2) is 0 Å². The van der Waals surface area contributed by atoms with E-state index in [9.17, 15) is 13.2 Å². The van der Waals surface area contributed by atoms with Gasteiger partial charge in [-0.05, 0) is 43.3 Å². The van der Waals surface area contributed by atoms with Gasteiger partial charge in [0.25, 0.3) is 0 Å². The van der Waals surface area contributed by atoms with E-state index in [1.54, 1.807) is 4.90 Å². The van der Waals surface area contributed by atoms with E-state index in [0.717, 1.165) is 23.5 Å². The van der Waals surface area contributed by atoms with Crippen molar-refractivity contribution in [3.63, 3.8) is 0 Å². The Balaban J connectivity index is 1.65. The second-order valence-corrected chi connectivity index (χ2v) is 8.20. The summed E-state index contributed by atoms with van der Waals surface area (Å²) in [5, 5.41) is 0. The second kappa shape index (κ2) is 7.88. The molecule has 3 rings (SSSR count). The van der Waals surface area contributed by atoms with Gasteiger partial charge >= 0.3 is 0 Å². The Kier molecular flexibility index (Phi) is 5.58. The van der Waals surface area contributed by atoms with E-state index in [1.165, 1.54) is 7.05 Å². The zero-order valence-corrected chi connectivity index (χ0v) is 15.4. The highest BCUT2D eigenvalue weighted by Crippen LogP contribution is 2.31. The lowest BCUT2D eigenvalue weighted by atomic mass is 9.98. The minimum atomic E-state index is -3.54. The van der Waals surface area contributed by atoms with Crippen LogP contribution in [0.5, 0.6) is 11.5 Å². The number of benzene rings is 2. The molecule has 26 heavy (non-hydrogen) atoms. The Morgan fingerprint density at radius 1 is 1.15 bits per heavy atom. The minimum Gasteiger partial charge on any atom is -0.457 e. The third-order valence-electron chi connectivity index (χ3n) is 4.47. The molecule has 0 radical (unpaired) electrons. The van der Waals surface area contributed by atoms with Gasteiger partial charge in [-0.2, -0.15) is 0 Å². The zero-order valence-electron chi connectivity index (χ0n) is 14.6. The van der Waals surface area contributed by atoms with Crippen LogP contribution in [-0.2, 0) is 14.8 Å². The molecule has 6 nitrogen and oxygen atoms in total. The molecule has 1 N–H and O–H groups in total. The number of carbonyl (C=O) groups is 1. The first-order valence-corrected chi connectivity index (χ1v) is 10.1. The van der Waals surface area contributed by atoms with Gasteiger partial charge in [-0.15, -0.1) is 0 Å². The van der Waals surface area contributed by atoms with Gasteiger partial charge in [0.2, 0.25) is 15.9 Å². The molecule has 1 atom stereocenters. The molecule has 0 aliphatic carbocycles. The van der Waals surface area contributed by atoms with Crippen LogP contribution in [0.4, 0.5) is 0 Å². The van der Waals surface area contributed by atoms with Crippen LogP contribution < -0.4 is 9.46 Å². The summed E-state index contributed by atoms with van der Waals surface area (Å²) in [4.78, 5) is 13.8. The number of rotatable bonds is 6. The van der Waals surface area contributed by atoms with E-state index in [1.807, 2.05) is 54.6 Å². The summed E-state index contributed by atoms with van der Waals surface area (Å²) in [7, 11) is -2.23. The number of likely N-dealkylation sites (tertiary alicyclic amines) is 1. The van der Waals surface area contributed by atoms with Gasteiger partial charge in [0.05, 0.1) is 0 Å². The predicted molar refractivity (Wildman–Crippen MR) is 99.7 cm³/mol. The molecule has 1 unspecified atom stereocenters.